The van der Waals surface area contributed by atoms with Gasteiger partial charge in [-0.05, 0) is 55.5 Å². The van der Waals surface area contributed by atoms with Gasteiger partial charge in [0.1, 0.15) is 6.33 Å². The van der Waals surface area contributed by atoms with Crippen molar-refractivity contribution in [2.75, 3.05) is 17.2 Å². The van der Waals surface area contributed by atoms with E-state index in [0.29, 0.717) is 11.3 Å². The number of esters is 1. The average molecular weight is 447 g/mol. The number of carbonyl (C=O) groups is 1. The zero-order chi connectivity index (χ0) is 23.3. The minimum absolute atomic E-state index is 0.150. The van der Waals surface area contributed by atoms with Crippen molar-refractivity contribution >= 4 is 34.7 Å². The van der Waals surface area contributed by atoms with E-state index in [1.54, 1.807) is 6.92 Å². The molecule has 0 fully saturated rings. The Morgan fingerprint density at radius 3 is 1.94 bits per heavy atom. The molecule has 1 heterocycles. The van der Waals surface area contributed by atoms with Crippen LogP contribution >= 0.6 is 0 Å². The van der Waals surface area contributed by atoms with Gasteiger partial charge in [-0.3, -0.25) is 10.1 Å². The van der Waals surface area contributed by atoms with Crippen LogP contribution < -0.4 is 10.6 Å². The highest BCUT2D eigenvalue weighted by Crippen LogP contribution is 2.34. The molecule has 166 valence electrons. The summed E-state index contributed by atoms with van der Waals surface area (Å²) in [6.45, 7) is 1.90. The summed E-state index contributed by atoms with van der Waals surface area (Å²) in [5.74, 6) is -0.867. The van der Waals surface area contributed by atoms with E-state index in [1.807, 2.05) is 0 Å². The van der Waals surface area contributed by atoms with Gasteiger partial charge in [-0.2, -0.15) is 13.2 Å². The topological polar surface area (TPSA) is 119 Å². The number of rotatable bonds is 7. The van der Waals surface area contributed by atoms with Gasteiger partial charge in [-0.25, -0.2) is 14.8 Å². The van der Waals surface area contributed by atoms with Crippen molar-refractivity contribution in [2.45, 2.75) is 13.1 Å². The molecule has 0 spiro atoms. The van der Waals surface area contributed by atoms with Crippen LogP contribution in [0, 0.1) is 10.1 Å². The van der Waals surface area contributed by atoms with Gasteiger partial charge < -0.3 is 15.4 Å². The molecular formula is C20H16F3N5O4. The molecule has 3 rings (SSSR count). The lowest BCUT2D eigenvalue weighted by Crippen LogP contribution is -2.07. The highest BCUT2D eigenvalue weighted by molar-refractivity contribution is 5.90. The normalized spacial score (nSPS) is 11.0. The van der Waals surface area contributed by atoms with E-state index in [2.05, 4.69) is 20.6 Å². The minimum atomic E-state index is -4.50. The van der Waals surface area contributed by atoms with Gasteiger partial charge in [-0.1, -0.05) is 0 Å². The number of ether oxygens (including phenoxy) is 1. The quantitative estimate of drug-likeness (QED) is 0.293. The number of anilines is 4. The molecular weight excluding hydrogens is 431 g/mol. The maximum Gasteiger partial charge on any atom is 0.416 e. The molecule has 0 amide bonds. The van der Waals surface area contributed by atoms with E-state index >= 15 is 0 Å². The van der Waals surface area contributed by atoms with Gasteiger partial charge in [0.2, 0.25) is 11.6 Å². The molecule has 0 aliphatic carbocycles. The van der Waals surface area contributed by atoms with Crippen LogP contribution in [0.1, 0.15) is 22.8 Å². The molecule has 1 aromatic heterocycles. The SMILES string of the molecule is CCOC(=O)c1ccc(Nc2ncnc(Nc3ccc(C(F)(F)F)cc3)c2[N+](=O)[O-])cc1. The predicted molar refractivity (Wildman–Crippen MR) is 109 cm³/mol. The van der Waals surface area contributed by atoms with Crippen molar-refractivity contribution in [1.29, 1.82) is 0 Å². The number of benzene rings is 2. The molecule has 0 saturated heterocycles. The van der Waals surface area contributed by atoms with Crippen LogP contribution in [0.15, 0.2) is 54.9 Å². The van der Waals surface area contributed by atoms with Gasteiger partial charge in [0.15, 0.2) is 0 Å². The molecule has 2 N–H and O–H groups in total. The van der Waals surface area contributed by atoms with Crippen LogP contribution in [-0.2, 0) is 10.9 Å². The van der Waals surface area contributed by atoms with Crippen molar-refractivity contribution in [1.82, 2.24) is 9.97 Å². The van der Waals surface area contributed by atoms with Crippen LogP contribution in [0.2, 0.25) is 0 Å². The number of nitrogens with zero attached hydrogens (tertiary/aromatic N) is 3. The smallest absolute Gasteiger partial charge is 0.416 e. The lowest BCUT2D eigenvalue weighted by atomic mass is 10.2. The van der Waals surface area contributed by atoms with Crippen molar-refractivity contribution in [2.24, 2.45) is 0 Å². The number of aromatic nitrogens is 2. The molecule has 0 unspecified atom stereocenters. The maximum atomic E-state index is 12.7. The Kier molecular flexibility index (Phi) is 6.52. The van der Waals surface area contributed by atoms with Crippen LogP contribution in [0.5, 0.6) is 0 Å². The van der Waals surface area contributed by atoms with E-state index < -0.39 is 28.3 Å². The number of carbonyl (C=O) groups excluding carboxylic acids is 1. The molecule has 0 saturated carbocycles. The van der Waals surface area contributed by atoms with Crippen molar-refractivity contribution in [3.63, 3.8) is 0 Å². The van der Waals surface area contributed by atoms with Crippen molar-refractivity contribution in [3.05, 3.63) is 76.1 Å². The number of alkyl halides is 3. The second-order valence-corrected chi connectivity index (χ2v) is 6.30. The lowest BCUT2D eigenvalue weighted by Gasteiger charge is -2.11. The first-order valence-corrected chi connectivity index (χ1v) is 9.17. The molecule has 0 aliphatic heterocycles. The fourth-order valence-electron chi connectivity index (χ4n) is 2.65. The van der Waals surface area contributed by atoms with E-state index in [9.17, 15) is 28.1 Å². The van der Waals surface area contributed by atoms with Gasteiger partial charge in [-0.15, -0.1) is 0 Å². The van der Waals surface area contributed by atoms with Crippen LogP contribution in [0.25, 0.3) is 0 Å². The first kappa shape index (κ1) is 22.5. The van der Waals surface area contributed by atoms with Crippen molar-refractivity contribution < 1.29 is 27.6 Å². The van der Waals surface area contributed by atoms with Crippen molar-refractivity contribution in [3.8, 4) is 0 Å². The summed E-state index contributed by atoms with van der Waals surface area (Å²) in [7, 11) is 0. The van der Waals surface area contributed by atoms with Gasteiger partial charge >= 0.3 is 17.8 Å². The van der Waals surface area contributed by atoms with E-state index in [0.717, 1.165) is 30.6 Å². The third-order valence-corrected chi connectivity index (χ3v) is 4.14. The molecule has 12 heteroatoms. The Hall–Kier alpha value is -4.22. The molecule has 0 atom stereocenters. The molecule has 0 radical (unpaired) electrons. The van der Waals surface area contributed by atoms with Gasteiger partial charge in [0, 0.05) is 11.4 Å². The predicted octanol–water partition coefficient (Wildman–Crippen LogP) is 5.07. The Bertz CT molecular complexity index is 1120. The summed E-state index contributed by atoms with van der Waals surface area (Å²) >= 11 is 0. The van der Waals surface area contributed by atoms with Gasteiger partial charge in [0.05, 0.1) is 22.7 Å². The number of hydrogen-bond acceptors (Lipinski definition) is 8. The molecule has 0 aliphatic rings. The zero-order valence-corrected chi connectivity index (χ0v) is 16.5. The number of hydrogen-bond donors (Lipinski definition) is 2. The van der Waals surface area contributed by atoms with Gasteiger partial charge in [0.25, 0.3) is 0 Å². The Morgan fingerprint density at radius 1 is 1.00 bits per heavy atom. The summed E-state index contributed by atoms with van der Waals surface area (Å²) in [6, 6.07) is 9.95. The Balaban J connectivity index is 1.85. The Labute approximate surface area is 179 Å². The third-order valence-electron chi connectivity index (χ3n) is 4.14. The standard InChI is InChI=1S/C20H16F3N5O4/c1-2-32-19(29)12-3-7-14(8-4-12)26-17-16(28(30)31)18(25-11-24-17)27-15-9-5-13(6-10-15)20(21,22)23/h3-11H,2H2,1H3,(H2,24,25,26,27). The number of nitrogens with one attached hydrogen (secondary N) is 2. The largest absolute Gasteiger partial charge is 0.462 e. The first-order valence-electron chi connectivity index (χ1n) is 9.17. The summed E-state index contributed by atoms with van der Waals surface area (Å²) in [4.78, 5) is 30.4. The minimum Gasteiger partial charge on any atom is -0.462 e. The third kappa shape index (κ3) is 5.28. The fraction of sp³-hybridized carbons (Fsp3) is 0.150. The summed E-state index contributed by atoms with van der Waals surface area (Å²) in [5.41, 5.74) is -0.486. The molecule has 32 heavy (non-hydrogen) atoms. The second kappa shape index (κ2) is 9.29. The molecule has 9 nitrogen and oxygen atoms in total. The monoisotopic (exact) mass is 447 g/mol. The van der Waals surface area contributed by atoms with Crippen LogP contribution in [-0.4, -0.2) is 27.5 Å². The fourth-order valence-corrected chi connectivity index (χ4v) is 2.65. The highest BCUT2D eigenvalue weighted by Gasteiger charge is 2.30. The second-order valence-electron chi connectivity index (χ2n) is 6.30. The van der Waals surface area contributed by atoms with Crippen LogP contribution in [0.4, 0.5) is 41.9 Å². The summed E-state index contributed by atoms with van der Waals surface area (Å²) in [5, 5.41) is 17.1. The first-order chi connectivity index (χ1) is 15.2. The summed E-state index contributed by atoms with van der Waals surface area (Å²) < 4.78 is 43.1. The van der Waals surface area contributed by atoms with E-state index in [4.69, 9.17) is 4.74 Å². The van der Waals surface area contributed by atoms with E-state index in [1.165, 1.54) is 24.3 Å². The zero-order valence-electron chi connectivity index (χ0n) is 16.5. The number of nitro groups is 1. The highest BCUT2D eigenvalue weighted by atomic mass is 19.4. The molecule has 3 aromatic rings. The van der Waals surface area contributed by atoms with Crippen LogP contribution in [0.3, 0.4) is 0 Å². The summed E-state index contributed by atoms with van der Waals surface area (Å²) in [6.07, 6.45) is -3.44. The average Bonchev–Trinajstić information content (AvgIpc) is 2.74. The van der Waals surface area contributed by atoms with E-state index in [-0.39, 0.29) is 23.9 Å². The molecule has 2 aromatic carbocycles. The maximum absolute atomic E-state index is 12.7. The lowest BCUT2D eigenvalue weighted by molar-refractivity contribution is -0.383. The Morgan fingerprint density at radius 2 is 1.50 bits per heavy atom. The molecule has 0 bridgehead atoms. The number of halogens is 3.